The van der Waals surface area contributed by atoms with Crippen LogP contribution in [0.4, 0.5) is 0 Å². The fourth-order valence-corrected chi connectivity index (χ4v) is 4.35. The van der Waals surface area contributed by atoms with Crippen molar-refractivity contribution in [1.29, 1.82) is 0 Å². The Morgan fingerprint density at radius 3 is 2.60 bits per heavy atom. The molecule has 5 nitrogen and oxygen atoms in total. The first-order valence-corrected chi connectivity index (χ1v) is 9.94. The summed E-state index contributed by atoms with van der Waals surface area (Å²) in [6.07, 6.45) is 8.68. The molecule has 25 heavy (non-hydrogen) atoms. The summed E-state index contributed by atoms with van der Waals surface area (Å²) in [5.41, 5.74) is 1.25. The van der Waals surface area contributed by atoms with Gasteiger partial charge in [0.05, 0.1) is 25.7 Å². The van der Waals surface area contributed by atoms with Crippen LogP contribution >= 0.6 is 0 Å². The average Bonchev–Trinajstić information content (AvgIpc) is 3.01. The Labute approximate surface area is 153 Å². The molecule has 0 N–H and O–H groups in total. The molecule has 0 aromatic rings. The maximum atomic E-state index is 12.2. The van der Waals surface area contributed by atoms with Crippen molar-refractivity contribution >= 4 is 11.7 Å². The maximum absolute atomic E-state index is 12.2. The largest absolute Gasteiger partial charge is 0.469 e. The van der Waals surface area contributed by atoms with E-state index in [1.165, 1.54) is 25.7 Å². The van der Waals surface area contributed by atoms with E-state index in [-0.39, 0.29) is 11.9 Å². The Hall–Kier alpha value is -1.10. The molecule has 3 atom stereocenters. The number of carbonyl (C=O) groups excluding carboxylic acids is 1. The van der Waals surface area contributed by atoms with Crippen molar-refractivity contribution in [3.05, 3.63) is 0 Å². The lowest BCUT2D eigenvalue weighted by Crippen LogP contribution is -2.32. The van der Waals surface area contributed by atoms with Gasteiger partial charge in [-0.2, -0.15) is 5.10 Å². The molecule has 0 aromatic carbocycles. The van der Waals surface area contributed by atoms with Crippen LogP contribution in [0.5, 0.6) is 0 Å². The van der Waals surface area contributed by atoms with Crippen LogP contribution in [0.1, 0.15) is 65.2 Å². The molecule has 1 saturated carbocycles. The SMILES string of the molecule is COC[C@@H]1CCCN1/N=C(\CC(C)C)C[C@H]1CCCC[C@@H]1C(=O)OC. The molecule has 0 aromatic heterocycles. The van der Waals surface area contributed by atoms with Gasteiger partial charge in [0.1, 0.15) is 0 Å². The first-order chi connectivity index (χ1) is 12.0. The van der Waals surface area contributed by atoms with Crippen molar-refractivity contribution < 1.29 is 14.3 Å². The predicted molar refractivity (Wildman–Crippen MR) is 101 cm³/mol. The summed E-state index contributed by atoms with van der Waals surface area (Å²) >= 11 is 0. The summed E-state index contributed by atoms with van der Waals surface area (Å²) in [7, 11) is 3.27. The fourth-order valence-electron chi connectivity index (χ4n) is 4.35. The highest BCUT2D eigenvalue weighted by atomic mass is 16.5. The van der Waals surface area contributed by atoms with Crippen LogP contribution in [-0.2, 0) is 14.3 Å². The van der Waals surface area contributed by atoms with E-state index in [0.29, 0.717) is 17.9 Å². The van der Waals surface area contributed by atoms with E-state index >= 15 is 0 Å². The number of carbonyl (C=O) groups is 1. The number of hydrogen-bond donors (Lipinski definition) is 0. The maximum Gasteiger partial charge on any atom is 0.308 e. The van der Waals surface area contributed by atoms with E-state index in [1.807, 2.05) is 0 Å². The molecule has 1 saturated heterocycles. The monoisotopic (exact) mass is 352 g/mol. The van der Waals surface area contributed by atoms with E-state index in [1.54, 1.807) is 7.11 Å². The van der Waals surface area contributed by atoms with Crippen LogP contribution < -0.4 is 0 Å². The number of esters is 1. The summed E-state index contributed by atoms with van der Waals surface area (Å²) in [6, 6.07) is 0.398. The van der Waals surface area contributed by atoms with E-state index in [9.17, 15) is 4.79 Å². The molecule has 0 bridgehead atoms. The third kappa shape index (κ3) is 5.98. The van der Waals surface area contributed by atoms with Crippen molar-refractivity contribution in [2.24, 2.45) is 22.9 Å². The quantitative estimate of drug-likeness (QED) is 0.491. The molecule has 0 amide bonds. The van der Waals surface area contributed by atoms with Crippen LogP contribution in [0.25, 0.3) is 0 Å². The molecule has 0 spiro atoms. The number of nitrogens with zero attached hydrogens (tertiary/aromatic N) is 2. The Bertz CT molecular complexity index is 450. The van der Waals surface area contributed by atoms with Gasteiger partial charge in [0.25, 0.3) is 0 Å². The third-order valence-electron chi connectivity index (χ3n) is 5.53. The molecule has 2 aliphatic rings. The summed E-state index contributed by atoms with van der Waals surface area (Å²) < 4.78 is 10.4. The zero-order chi connectivity index (χ0) is 18.2. The van der Waals surface area contributed by atoms with E-state index in [4.69, 9.17) is 14.6 Å². The second-order valence-corrected chi connectivity index (χ2v) is 8.06. The Kier molecular flexibility index (Phi) is 8.20. The summed E-state index contributed by atoms with van der Waals surface area (Å²) in [4.78, 5) is 12.2. The molecule has 5 heteroatoms. The standard InChI is InChI=1S/C20H36N2O3/c1-15(2)12-17(21-22-11-7-9-18(22)14-24-3)13-16-8-5-6-10-19(16)20(23)25-4/h15-16,18-19H,5-14H2,1-4H3/b21-17+/t16-,18+,19+/m1/s1. The Morgan fingerprint density at radius 2 is 1.92 bits per heavy atom. The molecule has 1 heterocycles. The van der Waals surface area contributed by atoms with Gasteiger partial charge in [0.2, 0.25) is 0 Å². The number of ether oxygens (including phenoxy) is 2. The van der Waals surface area contributed by atoms with Gasteiger partial charge < -0.3 is 9.47 Å². The van der Waals surface area contributed by atoms with Crippen molar-refractivity contribution in [2.75, 3.05) is 27.4 Å². The summed E-state index contributed by atoms with van der Waals surface area (Å²) in [5, 5.41) is 7.28. The van der Waals surface area contributed by atoms with Gasteiger partial charge in [0, 0.05) is 19.4 Å². The highest BCUT2D eigenvalue weighted by Crippen LogP contribution is 2.34. The second-order valence-electron chi connectivity index (χ2n) is 8.06. The van der Waals surface area contributed by atoms with Crippen LogP contribution in [0.2, 0.25) is 0 Å². The first-order valence-electron chi connectivity index (χ1n) is 9.94. The molecule has 0 unspecified atom stereocenters. The van der Waals surface area contributed by atoms with Gasteiger partial charge in [-0.05, 0) is 50.4 Å². The Morgan fingerprint density at radius 1 is 1.16 bits per heavy atom. The van der Waals surface area contributed by atoms with Crippen LogP contribution in [0, 0.1) is 17.8 Å². The van der Waals surface area contributed by atoms with Crippen molar-refractivity contribution in [3.63, 3.8) is 0 Å². The van der Waals surface area contributed by atoms with Crippen LogP contribution in [0.15, 0.2) is 5.10 Å². The molecule has 0 radical (unpaired) electrons. The van der Waals surface area contributed by atoms with Gasteiger partial charge in [0.15, 0.2) is 0 Å². The normalized spacial score (nSPS) is 27.8. The van der Waals surface area contributed by atoms with E-state index in [0.717, 1.165) is 51.7 Å². The van der Waals surface area contributed by atoms with Gasteiger partial charge in [-0.3, -0.25) is 9.80 Å². The molecule has 2 rings (SSSR count). The van der Waals surface area contributed by atoms with Crippen molar-refractivity contribution in [1.82, 2.24) is 5.01 Å². The highest BCUT2D eigenvalue weighted by Gasteiger charge is 2.33. The molecular weight excluding hydrogens is 316 g/mol. The zero-order valence-corrected chi connectivity index (χ0v) is 16.5. The summed E-state index contributed by atoms with van der Waals surface area (Å²) in [6.45, 7) is 6.24. The molecule has 1 aliphatic carbocycles. The molecular formula is C20H36N2O3. The molecule has 2 fully saturated rings. The molecule has 1 aliphatic heterocycles. The first kappa shape index (κ1) is 20.2. The van der Waals surface area contributed by atoms with E-state index in [2.05, 4.69) is 18.9 Å². The number of methoxy groups -OCH3 is 2. The smallest absolute Gasteiger partial charge is 0.308 e. The minimum Gasteiger partial charge on any atom is -0.469 e. The van der Waals surface area contributed by atoms with Crippen LogP contribution in [-0.4, -0.2) is 50.1 Å². The minimum absolute atomic E-state index is 0.0352. The molecule has 144 valence electrons. The number of hydrazone groups is 1. The predicted octanol–water partition coefficient (Wildman–Crippen LogP) is 3.87. The highest BCUT2D eigenvalue weighted by molar-refractivity contribution is 5.85. The lowest BCUT2D eigenvalue weighted by atomic mass is 9.76. The Balaban J connectivity index is 2.10. The van der Waals surface area contributed by atoms with E-state index < -0.39 is 0 Å². The lowest BCUT2D eigenvalue weighted by molar-refractivity contribution is -0.148. The topological polar surface area (TPSA) is 51.1 Å². The zero-order valence-electron chi connectivity index (χ0n) is 16.5. The average molecular weight is 353 g/mol. The lowest BCUT2D eigenvalue weighted by Gasteiger charge is -2.31. The van der Waals surface area contributed by atoms with Crippen LogP contribution in [0.3, 0.4) is 0 Å². The van der Waals surface area contributed by atoms with Gasteiger partial charge in [-0.25, -0.2) is 0 Å². The fraction of sp³-hybridized carbons (Fsp3) is 0.900. The van der Waals surface area contributed by atoms with Crippen molar-refractivity contribution in [2.45, 2.75) is 71.3 Å². The minimum atomic E-state index is -0.0352. The number of rotatable bonds is 8. The number of hydrogen-bond acceptors (Lipinski definition) is 5. The third-order valence-corrected chi connectivity index (χ3v) is 5.53. The van der Waals surface area contributed by atoms with Gasteiger partial charge >= 0.3 is 5.97 Å². The van der Waals surface area contributed by atoms with Crippen molar-refractivity contribution in [3.8, 4) is 0 Å². The van der Waals surface area contributed by atoms with Gasteiger partial charge in [-0.1, -0.05) is 26.7 Å². The second kappa shape index (κ2) is 10.1. The summed E-state index contributed by atoms with van der Waals surface area (Å²) in [5.74, 6) is 0.959. The van der Waals surface area contributed by atoms with Gasteiger partial charge in [-0.15, -0.1) is 0 Å².